The second-order valence-corrected chi connectivity index (χ2v) is 4.19. The fraction of sp³-hybridized carbons (Fsp3) is 0.500. The first-order valence-electron chi connectivity index (χ1n) is 5.40. The number of hydrogen-bond acceptors (Lipinski definition) is 3. The molecule has 0 bridgehead atoms. The number of ether oxygens (including phenoxy) is 1. The number of aromatic nitrogens is 1. The van der Waals surface area contributed by atoms with Crippen LogP contribution in [0, 0.1) is 0 Å². The number of Topliss-reactive ketones (excluding diaryl/α,β-unsaturated/α-hetero) is 1. The van der Waals surface area contributed by atoms with Gasteiger partial charge in [-0.25, -0.2) is 0 Å². The van der Waals surface area contributed by atoms with Gasteiger partial charge in [0.2, 0.25) is 0 Å². The zero-order valence-corrected chi connectivity index (χ0v) is 10.3. The van der Waals surface area contributed by atoms with Gasteiger partial charge in [-0.1, -0.05) is 0 Å². The molecule has 18 heavy (non-hydrogen) atoms. The molecular formula is C12H14F3NO2. The van der Waals surface area contributed by atoms with E-state index < -0.39 is 28.7 Å². The van der Waals surface area contributed by atoms with Crippen molar-refractivity contribution in [3.05, 3.63) is 29.6 Å². The van der Waals surface area contributed by atoms with Crippen LogP contribution in [0.3, 0.4) is 0 Å². The molecule has 1 rings (SSSR count). The third kappa shape index (κ3) is 3.07. The highest BCUT2D eigenvalue weighted by Gasteiger charge is 2.39. The maximum Gasteiger partial charge on any atom is 0.417 e. The summed E-state index contributed by atoms with van der Waals surface area (Å²) in [6, 6.07) is 0.787. The molecule has 0 atom stereocenters. The summed E-state index contributed by atoms with van der Waals surface area (Å²) < 4.78 is 43.5. The van der Waals surface area contributed by atoms with Crippen LogP contribution in [0.4, 0.5) is 13.2 Å². The van der Waals surface area contributed by atoms with Crippen molar-refractivity contribution >= 4 is 5.78 Å². The van der Waals surface area contributed by atoms with Gasteiger partial charge < -0.3 is 4.74 Å². The maximum atomic E-state index is 12.8. The lowest BCUT2D eigenvalue weighted by atomic mass is 9.94. The van der Waals surface area contributed by atoms with E-state index in [-0.39, 0.29) is 6.61 Å². The lowest BCUT2D eigenvalue weighted by Gasteiger charge is -2.24. The highest BCUT2D eigenvalue weighted by Crippen LogP contribution is 2.33. The minimum Gasteiger partial charge on any atom is -0.368 e. The highest BCUT2D eigenvalue weighted by molar-refractivity contribution is 6.03. The van der Waals surface area contributed by atoms with Crippen molar-refractivity contribution < 1.29 is 22.7 Å². The van der Waals surface area contributed by atoms with Crippen LogP contribution >= 0.6 is 0 Å². The Bertz CT molecular complexity index is 441. The van der Waals surface area contributed by atoms with E-state index in [4.69, 9.17) is 4.74 Å². The Balaban J connectivity index is 3.22. The number of alkyl halides is 3. The third-order valence-electron chi connectivity index (χ3n) is 2.42. The summed E-state index contributed by atoms with van der Waals surface area (Å²) in [5, 5.41) is 0. The van der Waals surface area contributed by atoms with Crippen molar-refractivity contribution in [3.8, 4) is 0 Å². The summed E-state index contributed by atoms with van der Waals surface area (Å²) in [6.07, 6.45) is -2.66. The minimum atomic E-state index is -4.59. The molecule has 0 aliphatic rings. The Hall–Kier alpha value is -1.43. The Morgan fingerprint density at radius 2 is 2.00 bits per heavy atom. The van der Waals surface area contributed by atoms with Gasteiger partial charge in [-0.2, -0.15) is 13.2 Å². The van der Waals surface area contributed by atoms with Crippen LogP contribution in [0.5, 0.6) is 0 Å². The van der Waals surface area contributed by atoms with Gasteiger partial charge in [0.15, 0.2) is 5.78 Å². The summed E-state index contributed by atoms with van der Waals surface area (Å²) in [5.41, 5.74) is -2.77. The van der Waals surface area contributed by atoms with E-state index in [1.165, 1.54) is 13.8 Å². The van der Waals surface area contributed by atoms with Gasteiger partial charge in [-0.15, -0.1) is 0 Å². The Morgan fingerprint density at radius 1 is 1.39 bits per heavy atom. The van der Waals surface area contributed by atoms with E-state index in [9.17, 15) is 18.0 Å². The van der Waals surface area contributed by atoms with Crippen molar-refractivity contribution in [2.24, 2.45) is 0 Å². The van der Waals surface area contributed by atoms with Gasteiger partial charge >= 0.3 is 6.18 Å². The van der Waals surface area contributed by atoms with Gasteiger partial charge in [-0.3, -0.25) is 9.78 Å². The number of carbonyl (C=O) groups is 1. The molecule has 6 heteroatoms. The predicted octanol–water partition coefficient (Wildman–Crippen LogP) is 3.10. The van der Waals surface area contributed by atoms with E-state index in [2.05, 4.69) is 4.98 Å². The number of carbonyl (C=O) groups excluding carboxylic acids is 1. The summed E-state index contributed by atoms with van der Waals surface area (Å²) >= 11 is 0. The molecule has 0 aliphatic heterocycles. The van der Waals surface area contributed by atoms with Crippen molar-refractivity contribution in [2.45, 2.75) is 32.5 Å². The fourth-order valence-electron chi connectivity index (χ4n) is 1.57. The molecule has 0 saturated carbocycles. The zero-order chi connectivity index (χ0) is 14.0. The molecule has 0 fully saturated rings. The van der Waals surface area contributed by atoms with E-state index in [0.29, 0.717) is 0 Å². The first-order valence-corrected chi connectivity index (χ1v) is 5.40. The average molecular weight is 261 g/mol. The maximum absolute atomic E-state index is 12.8. The number of ketones is 1. The van der Waals surface area contributed by atoms with Crippen LogP contribution < -0.4 is 0 Å². The monoisotopic (exact) mass is 261 g/mol. The second kappa shape index (κ2) is 5.06. The Labute approximate surface area is 103 Å². The Kier molecular flexibility index (Phi) is 4.11. The van der Waals surface area contributed by atoms with Crippen molar-refractivity contribution in [1.82, 2.24) is 4.98 Å². The van der Waals surface area contributed by atoms with E-state index in [0.717, 1.165) is 18.5 Å². The standard InChI is InChI=1S/C12H14F3NO2/c1-4-18-11(2,3)10(17)8-7-16-6-5-9(8)12(13,14)15/h5-7H,4H2,1-3H3. The molecule has 100 valence electrons. The third-order valence-corrected chi connectivity index (χ3v) is 2.42. The topological polar surface area (TPSA) is 39.2 Å². The quantitative estimate of drug-likeness (QED) is 0.782. The predicted molar refractivity (Wildman–Crippen MR) is 59.3 cm³/mol. The number of rotatable bonds is 4. The van der Waals surface area contributed by atoms with Crippen LogP contribution in [0.2, 0.25) is 0 Å². The van der Waals surface area contributed by atoms with Crippen LogP contribution in [0.1, 0.15) is 36.7 Å². The number of halogens is 3. The SMILES string of the molecule is CCOC(C)(C)C(=O)c1cnccc1C(F)(F)F. The van der Waals surface area contributed by atoms with Crippen LogP contribution in [0.15, 0.2) is 18.5 Å². The van der Waals surface area contributed by atoms with Crippen molar-refractivity contribution in [1.29, 1.82) is 0 Å². The van der Waals surface area contributed by atoms with Gasteiger partial charge in [0.05, 0.1) is 11.1 Å². The summed E-state index contributed by atoms with van der Waals surface area (Å²) in [5.74, 6) is -0.732. The molecule has 1 aromatic heterocycles. The van der Waals surface area contributed by atoms with E-state index in [1.54, 1.807) is 6.92 Å². The normalized spacial score (nSPS) is 12.6. The van der Waals surface area contributed by atoms with Crippen LogP contribution in [-0.2, 0) is 10.9 Å². The summed E-state index contributed by atoms with van der Waals surface area (Å²) in [6.45, 7) is 4.78. The van der Waals surface area contributed by atoms with Gasteiger partial charge in [0.25, 0.3) is 0 Å². The number of hydrogen-bond donors (Lipinski definition) is 0. The highest BCUT2D eigenvalue weighted by atomic mass is 19.4. The van der Waals surface area contributed by atoms with Crippen molar-refractivity contribution in [3.63, 3.8) is 0 Å². The van der Waals surface area contributed by atoms with Crippen LogP contribution in [0.25, 0.3) is 0 Å². The molecule has 1 aromatic rings. The van der Waals surface area contributed by atoms with E-state index >= 15 is 0 Å². The number of nitrogens with zero attached hydrogens (tertiary/aromatic N) is 1. The summed E-state index contributed by atoms with van der Waals surface area (Å²) in [4.78, 5) is 15.6. The minimum absolute atomic E-state index is 0.236. The lowest BCUT2D eigenvalue weighted by Crippen LogP contribution is -2.36. The van der Waals surface area contributed by atoms with Crippen molar-refractivity contribution in [2.75, 3.05) is 6.61 Å². The molecule has 3 nitrogen and oxygen atoms in total. The summed E-state index contributed by atoms with van der Waals surface area (Å²) in [7, 11) is 0. The van der Waals surface area contributed by atoms with E-state index in [1.807, 2.05) is 0 Å². The smallest absolute Gasteiger partial charge is 0.368 e. The first kappa shape index (κ1) is 14.6. The Morgan fingerprint density at radius 3 is 2.50 bits per heavy atom. The van der Waals surface area contributed by atoms with Gasteiger partial charge in [0.1, 0.15) is 5.60 Å². The molecule has 0 aliphatic carbocycles. The molecule has 0 N–H and O–H groups in total. The van der Waals surface area contributed by atoms with Gasteiger partial charge in [-0.05, 0) is 26.8 Å². The molecule has 0 amide bonds. The number of pyridine rings is 1. The zero-order valence-electron chi connectivity index (χ0n) is 10.3. The molecule has 0 aromatic carbocycles. The molecule has 0 unspecified atom stereocenters. The second-order valence-electron chi connectivity index (χ2n) is 4.19. The molecule has 0 radical (unpaired) electrons. The molecule has 1 heterocycles. The molecular weight excluding hydrogens is 247 g/mol. The first-order chi connectivity index (χ1) is 8.20. The molecule has 0 saturated heterocycles. The van der Waals surface area contributed by atoms with Gasteiger partial charge in [0, 0.05) is 19.0 Å². The largest absolute Gasteiger partial charge is 0.417 e. The van der Waals surface area contributed by atoms with Crippen LogP contribution in [-0.4, -0.2) is 23.0 Å². The fourth-order valence-corrected chi connectivity index (χ4v) is 1.57. The molecule has 0 spiro atoms. The lowest BCUT2D eigenvalue weighted by molar-refractivity contribution is -0.138. The average Bonchev–Trinajstić information content (AvgIpc) is 2.27.